The number of benzene rings is 1. The highest BCUT2D eigenvalue weighted by molar-refractivity contribution is 8.14. The van der Waals surface area contributed by atoms with E-state index in [1.807, 2.05) is 36.5 Å². The molecule has 132 valence electrons. The lowest BCUT2D eigenvalue weighted by Gasteiger charge is -2.09. The molecule has 2 rings (SSSR count). The SMILES string of the molecule is CCc1ccc(CCOc2ccc(CC(C=O)SC(N)=O)cc2)nc1. The van der Waals surface area contributed by atoms with E-state index in [2.05, 4.69) is 18.0 Å². The van der Waals surface area contributed by atoms with Crippen molar-refractivity contribution >= 4 is 23.3 Å². The van der Waals surface area contributed by atoms with Crippen LogP contribution < -0.4 is 10.5 Å². The van der Waals surface area contributed by atoms with E-state index in [4.69, 9.17) is 10.5 Å². The maximum absolute atomic E-state index is 11.0. The van der Waals surface area contributed by atoms with Gasteiger partial charge in [-0.15, -0.1) is 0 Å². The van der Waals surface area contributed by atoms with Crippen LogP contribution in [0.3, 0.4) is 0 Å². The largest absolute Gasteiger partial charge is 0.493 e. The first kappa shape index (κ1) is 19.0. The lowest BCUT2D eigenvalue weighted by molar-refractivity contribution is -0.107. The third-order valence-electron chi connectivity index (χ3n) is 3.70. The summed E-state index contributed by atoms with van der Waals surface area (Å²) in [5.74, 6) is 0.763. The summed E-state index contributed by atoms with van der Waals surface area (Å²) in [7, 11) is 0. The molecular formula is C19H22N2O3S. The third kappa shape index (κ3) is 6.58. The van der Waals surface area contributed by atoms with E-state index in [9.17, 15) is 9.59 Å². The summed E-state index contributed by atoms with van der Waals surface area (Å²) >= 11 is 0.845. The quantitative estimate of drug-likeness (QED) is 0.696. The number of ether oxygens (including phenoxy) is 1. The molecule has 25 heavy (non-hydrogen) atoms. The Morgan fingerprint density at radius 2 is 1.96 bits per heavy atom. The molecule has 2 aromatic rings. The standard InChI is InChI=1S/C19H22N2O3S/c1-2-14-3-6-16(21-12-14)9-10-24-17-7-4-15(5-8-17)11-18(13-22)25-19(20)23/h3-8,12-13,18H,2,9-11H2,1H3,(H2,20,23). The molecule has 1 aromatic carbocycles. The lowest BCUT2D eigenvalue weighted by atomic mass is 10.1. The van der Waals surface area contributed by atoms with Gasteiger partial charge in [0.15, 0.2) is 0 Å². The van der Waals surface area contributed by atoms with Gasteiger partial charge in [-0.3, -0.25) is 9.78 Å². The van der Waals surface area contributed by atoms with E-state index >= 15 is 0 Å². The van der Waals surface area contributed by atoms with E-state index in [0.717, 1.165) is 47.9 Å². The fraction of sp³-hybridized carbons (Fsp3) is 0.316. The normalized spacial score (nSPS) is 11.7. The Balaban J connectivity index is 1.81. The van der Waals surface area contributed by atoms with Gasteiger partial charge in [0.05, 0.1) is 11.9 Å². The number of aromatic nitrogens is 1. The maximum Gasteiger partial charge on any atom is 0.277 e. The Hall–Kier alpha value is -2.34. The number of hydrogen-bond donors (Lipinski definition) is 1. The topological polar surface area (TPSA) is 82.3 Å². The molecule has 0 radical (unpaired) electrons. The Labute approximate surface area is 152 Å². The molecule has 0 spiro atoms. The van der Waals surface area contributed by atoms with Crippen LogP contribution in [0.4, 0.5) is 4.79 Å². The summed E-state index contributed by atoms with van der Waals surface area (Å²) in [4.78, 5) is 26.3. The minimum atomic E-state index is -0.544. The van der Waals surface area contributed by atoms with Gasteiger partial charge in [-0.1, -0.05) is 36.9 Å². The first-order valence-electron chi connectivity index (χ1n) is 8.17. The van der Waals surface area contributed by atoms with Gasteiger partial charge < -0.3 is 15.3 Å². The molecule has 1 unspecified atom stereocenters. The second-order valence-corrected chi connectivity index (χ2v) is 6.81. The van der Waals surface area contributed by atoms with Crippen molar-refractivity contribution in [2.24, 2.45) is 5.73 Å². The number of carbonyl (C=O) groups is 2. The number of thioether (sulfide) groups is 1. The van der Waals surface area contributed by atoms with Crippen molar-refractivity contribution in [3.63, 3.8) is 0 Å². The van der Waals surface area contributed by atoms with Gasteiger partial charge >= 0.3 is 0 Å². The zero-order chi connectivity index (χ0) is 18.1. The summed E-state index contributed by atoms with van der Waals surface area (Å²) in [5.41, 5.74) is 8.29. The number of nitrogens with zero attached hydrogens (tertiary/aromatic N) is 1. The van der Waals surface area contributed by atoms with Gasteiger partial charge in [0.25, 0.3) is 5.24 Å². The first-order chi connectivity index (χ1) is 12.1. The van der Waals surface area contributed by atoms with E-state index in [1.165, 1.54) is 5.56 Å². The summed E-state index contributed by atoms with van der Waals surface area (Å²) in [6.07, 6.45) is 4.84. The van der Waals surface area contributed by atoms with Crippen molar-refractivity contribution in [2.75, 3.05) is 6.61 Å². The fourth-order valence-electron chi connectivity index (χ4n) is 2.31. The van der Waals surface area contributed by atoms with Crippen LogP contribution in [0.15, 0.2) is 42.6 Å². The minimum Gasteiger partial charge on any atom is -0.493 e. The maximum atomic E-state index is 11.0. The van der Waals surface area contributed by atoms with Crippen molar-refractivity contribution < 1.29 is 14.3 Å². The van der Waals surface area contributed by atoms with Gasteiger partial charge in [-0.2, -0.15) is 0 Å². The van der Waals surface area contributed by atoms with Gasteiger partial charge in [-0.05, 0) is 42.2 Å². The lowest BCUT2D eigenvalue weighted by Crippen LogP contribution is -2.15. The van der Waals surface area contributed by atoms with Crippen molar-refractivity contribution in [3.05, 3.63) is 59.4 Å². The average Bonchev–Trinajstić information content (AvgIpc) is 2.62. The van der Waals surface area contributed by atoms with Crippen LogP contribution in [0.2, 0.25) is 0 Å². The highest BCUT2D eigenvalue weighted by Crippen LogP contribution is 2.18. The van der Waals surface area contributed by atoms with Crippen LogP contribution in [0.25, 0.3) is 0 Å². The molecule has 0 aliphatic rings. The number of nitrogens with two attached hydrogens (primary N) is 1. The van der Waals surface area contributed by atoms with Gasteiger partial charge in [-0.25, -0.2) is 0 Å². The monoisotopic (exact) mass is 358 g/mol. The highest BCUT2D eigenvalue weighted by atomic mass is 32.2. The molecule has 0 saturated heterocycles. The highest BCUT2D eigenvalue weighted by Gasteiger charge is 2.12. The minimum absolute atomic E-state index is 0.457. The number of hydrogen-bond acceptors (Lipinski definition) is 5. The Bertz CT molecular complexity index is 687. The van der Waals surface area contributed by atoms with Gasteiger partial charge in [0.2, 0.25) is 0 Å². The predicted molar refractivity (Wildman–Crippen MR) is 100.0 cm³/mol. The van der Waals surface area contributed by atoms with E-state index in [0.29, 0.717) is 13.0 Å². The molecule has 0 fully saturated rings. The molecule has 6 heteroatoms. The van der Waals surface area contributed by atoms with Crippen LogP contribution >= 0.6 is 11.8 Å². The van der Waals surface area contributed by atoms with Crippen LogP contribution in [0.1, 0.15) is 23.7 Å². The third-order valence-corrected chi connectivity index (χ3v) is 4.51. The van der Waals surface area contributed by atoms with Crippen LogP contribution in [-0.4, -0.2) is 28.4 Å². The molecule has 0 aliphatic carbocycles. The van der Waals surface area contributed by atoms with E-state index in [-0.39, 0.29) is 0 Å². The zero-order valence-corrected chi connectivity index (χ0v) is 15.0. The Morgan fingerprint density at radius 1 is 1.24 bits per heavy atom. The first-order valence-corrected chi connectivity index (χ1v) is 9.05. The van der Waals surface area contributed by atoms with Crippen LogP contribution in [0, 0.1) is 0 Å². The summed E-state index contributed by atoms with van der Waals surface area (Å²) in [5, 5.41) is -1.00. The number of rotatable bonds is 9. The molecule has 5 nitrogen and oxygen atoms in total. The Morgan fingerprint density at radius 3 is 2.52 bits per heavy atom. The number of carbonyl (C=O) groups excluding carboxylic acids is 2. The predicted octanol–water partition coefficient (Wildman–Crippen LogP) is 3.19. The smallest absolute Gasteiger partial charge is 0.277 e. The molecule has 0 bridgehead atoms. The second-order valence-electron chi connectivity index (χ2n) is 5.57. The van der Waals surface area contributed by atoms with Crippen molar-refractivity contribution in [1.82, 2.24) is 4.98 Å². The molecule has 1 atom stereocenters. The number of aryl methyl sites for hydroxylation is 1. The molecule has 0 saturated carbocycles. The second kappa shape index (κ2) is 9.84. The molecule has 0 aliphatic heterocycles. The van der Waals surface area contributed by atoms with E-state index < -0.39 is 10.5 Å². The summed E-state index contributed by atoms with van der Waals surface area (Å²) in [6, 6.07) is 11.6. The molecular weight excluding hydrogens is 336 g/mol. The van der Waals surface area contributed by atoms with Crippen LogP contribution in [-0.2, 0) is 24.1 Å². The summed E-state index contributed by atoms with van der Waals surface area (Å²) < 4.78 is 5.73. The number of pyridine rings is 1. The van der Waals surface area contributed by atoms with Gasteiger partial charge in [0, 0.05) is 18.3 Å². The number of amides is 1. The zero-order valence-electron chi connectivity index (χ0n) is 14.2. The summed E-state index contributed by atoms with van der Waals surface area (Å²) in [6.45, 7) is 2.65. The average molecular weight is 358 g/mol. The van der Waals surface area contributed by atoms with Crippen molar-refractivity contribution in [1.29, 1.82) is 0 Å². The van der Waals surface area contributed by atoms with Gasteiger partial charge in [0.1, 0.15) is 12.0 Å². The molecule has 1 aromatic heterocycles. The molecule has 2 N–H and O–H groups in total. The van der Waals surface area contributed by atoms with Crippen molar-refractivity contribution in [3.8, 4) is 5.75 Å². The number of primary amides is 1. The fourth-order valence-corrected chi connectivity index (χ4v) is 2.94. The molecule has 1 heterocycles. The van der Waals surface area contributed by atoms with Crippen LogP contribution in [0.5, 0.6) is 5.75 Å². The Kier molecular flexibility index (Phi) is 7.47. The molecule has 1 amide bonds. The van der Waals surface area contributed by atoms with Crippen molar-refractivity contribution in [2.45, 2.75) is 31.4 Å². The number of aldehydes is 1. The van der Waals surface area contributed by atoms with E-state index in [1.54, 1.807) is 0 Å².